The van der Waals surface area contributed by atoms with E-state index in [4.69, 9.17) is 9.47 Å². The van der Waals surface area contributed by atoms with Crippen molar-refractivity contribution >= 4 is 15.9 Å². The predicted octanol–water partition coefficient (Wildman–Crippen LogP) is 3.75. The van der Waals surface area contributed by atoms with E-state index in [9.17, 15) is 17.6 Å². The number of amides is 1. The van der Waals surface area contributed by atoms with Gasteiger partial charge in [0, 0.05) is 32.0 Å². The number of ether oxygens (including phenoxy) is 2. The molecule has 2 aromatic rings. The summed E-state index contributed by atoms with van der Waals surface area (Å²) < 4.78 is 52.0. The summed E-state index contributed by atoms with van der Waals surface area (Å²) in [5.74, 6) is 0.881. The molecule has 0 N–H and O–H groups in total. The van der Waals surface area contributed by atoms with E-state index in [0.29, 0.717) is 32.6 Å². The topological polar surface area (TPSA) is 76.2 Å². The molecule has 3 aliphatic rings. The molecule has 34 heavy (non-hydrogen) atoms. The highest BCUT2D eigenvalue weighted by atomic mass is 32.2. The maximum absolute atomic E-state index is 13.5. The molecule has 0 bridgehead atoms. The smallest absolute Gasteiger partial charge is 0.243 e. The highest BCUT2D eigenvalue weighted by molar-refractivity contribution is 7.89. The molecule has 5 rings (SSSR count). The zero-order chi connectivity index (χ0) is 23.7. The van der Waals surface area contributed by atoms with Crippen LogP contribution in [0.4, 0.5) is 4.39 Å². The number of hydrogen-bond acceptors (Lipinski definition) is 5. The second kappa shape index (κ2) is 9.54. The lowest BCUT2D eigenvalue weighted by atomic mass is 9.95. The third-order valence-electron chi connectivity index (χ3n) is 6.95. The summed E-state index contributed by atoms with van der Waals surface area (Å²) in [6.07, 6.45) is 3.62. The predicted molar refractivity (Wildman–Crippen MR) is 124 cm³/mol. The molecule has 7 nitrogen and oxygen atoms in total. The first-order chi connectivity index (χ1) is 16.4. The van der Waals surface area contributed by atoms with Crippen LogP contribution >= 0.6 is 0 Å². The zero-order valence-electron chi connectivity index (χ0n) is 19.0. The fourth-order valence-electron chi connectivity index (χ4n) is 5.10. The largest absolute Gasteiger partial charge is 0.490 e. The Morgan fingerprint density at radius 3 is 2.32 bits per heavy atom. The van der Waals surface area contributed by atoms with E-state index in [1.165, 1.54) is 16.4 Å². The van der Waals surface area contributed by atoms with Crippen LogP contribution in [0.3, 0.4) is 0 Å². The molecule has 0 aliphatic carbocycles. The highest BCUT2D eigenvalue weighted by Gasteiger charge is 2.38. The van der Waals surface area contributed by atoms with E-state index in [1.807, 2.05) is 23.1 Å². The van der Waals surface area contributed by atoms with Crippen LogP contribution in [0.2, 0.25) is 0 Å². The third-order valence-corrected chi connectivity index (χ3v) is 8.86. The van der Waals surface area contributed by atoms with Crippen molar-refractivity contribution in [1.29, 1.82) is 0 Å². The molecule has 0 aromatic heterocycles. The number of carbonyl (C=O) groups excluding carboxylic acids is 1. The molecule has 0 unspecified atom stereocenters. The van der Waals surface area contributed by atoms with Gasteiger partial charge in [-0.15, -0.1) is 0 Å². The van der Waals surface area contributed by atoms with Crippen LogP contribution < -0.4 is 9.47 Å². The van der Waals surface area contributed by atoms with Gasteiger partial charge in [0.05, 0.1) is 24.2 Å². The SMILES string of the molecule is O=C(C1CCN(S(=O)(=O)c2ccc(F)cc2)CC1)N1CCC[C@@H]1c1ccc2c(c1)OCCCO2. The fourth-order valence-corrected chi connectivity index (χ4v) is 6.57. The van der Waals surface area contributed by atoms with E-state index in [0.717, 1.165) is 48.5 Å². The van der Waals surface area contributed by atoms with Gasteiger partial charge in [0.15, 0.2) is 11.5 Å². The molecule has 9 heteroatoms. The van der Waals surface area contributed by atoms with Gasteiger partial charge in [-0.25, -0.2) is 12.8 Å². The molecular formula is C25H29FN2O5S. The molecule has 1 atom stereocenters. The van der Waals surface area contributed by atoms with Gasteiger partial charge in [-0.2, -0.15) is 4.31 Å². The van der Waals surface area contributed by atoms with Crippen LogP contribution in [0.5, 0.6) is 11.5 Å². The Balaban J connectivity index is 1.25. The lowest BCUT2D eigenvalue weighted by molar-refractivity contribution is -0.137. The summed E-state index contributed by atoms with van der Waals surface area (Å²) in [5, 5.41) is 0. The standard InChI is InChI=1S/C25H29FN2O5S/c26-20-5-7-21(8-6-20)34(30,31)27-13-10-18(11-14-27)25(29)28-12-1-3-22(28)19-4-9-23-24(17-19)33-16-2-15-32-23/h4-9,17-18,22H,1-3,10-16H2/t22-/m1/s1. The molecule has 3 heterocycles. The van der Waals surface area contributed by atoms with Crippen LogP contribution in [0.25, 0.3) is 0 Å². The highest BCUT2D eigenvalue weighted by Crippen LogP contribution is 2.39. The van der Waals surface area contributed by atoms with Gasteiger partial charge in [-0.1, -0.05) is 6.07 Å². The lowest BCUT2D eigenvalue weighted by Gasteiger charge is -2.34. The Hall–Kier alpha value is -2.65. The van der Waals surface area contributed by atoms with Crippen molar-refractivity contribution in [2.45, 2.75) is 43.0 Å². The summed E-state index contributed by atoms with van der Waals surface area (Å²) in [5.41, 5.74) is 1.05. The monoisotopic (exact) mass is 488 g/mol. The summed E-state index contributed by atoms with van der Waals surface area (Å²) in [7, 11) is -3.70. The first kappa shape index (κ1) is 23.1. The Kier molecular flexibility index (Phi) is 6.48. The Morgan fingerprint density at radius 2 is 1.59 bits per heavy atom. The normalized spacial score (nSPS) is 21.9. The van der Waals surface area contributed by atoms with Crippen molar-refractivity contribution in [3.8, 4) is 11.5 Å². The van der Waals surface area contributed by atoms with Crippen molar-refractivity contribution in [3.63, 3.8) is 0 Å². The van der Waals surface area contributed by atoms with Crippen molar-refractivity contribution in [3.05, 3.63) is 53.8 Å². The molecule has 0 radical (unpaired) electrons. The third kappa shape index (κ3) is 4.51. The minimum atomic E-state index is -3.70. The number of rotatable bonds is 4. The van der Waals surface area contributed by atoms with Gasteiger partial charge >= 0.3 is 0 Å². The van der Waals surface area contributed by atoms with Crippen LogP contribution in [0, 0.1) is 11.7 Å². The van der Waals surface area contributed by atoms with Gasteiger partial charge in [-0.05, 0) is 67.6 Å². The summed E-state index contributed by atoms with van der Waals surface area (Å²) in [4.78, 5) is 15.5. The second-order valence-corrected chi connectivity index (χ2v) is 11.0. The second-order valence-electron chi connectivity index (χ2n) is 9.08. The van der Waals surface area contributed by atoms with Gasteiger partial charge < -0.3 is 14.4 Å². The Morgan fingerprint density at radius 1 is 0.882 bits per heavy atom. The summed E-state index contributed by atoms with van der Waals surface area (Å²) in [6, 6.07) is 10.8. The number of sulfonamides is 1. The average Bonchev–Trinajstić information content (AvgIpc) is 3.22. The van der Waals surface area contributed by atoms with E-state index < -0.39 is 15.8 Å². The number of carbonyl (C=O) groups is 1. The van der Waals surface area contributed by atoms with Gasteiger partial charge in [0.2, 0.25) is 15.9 Å². The Bertz CT molecular complexity index is 1150. The van der Waals surface area contributed by atoms with Crippen molar-refractivity contribution in [2.24, 2.45) is 5.92 Å². The van der Waals surface area contributed by atoms with E-state index in [2.05, 4.69) is 0 Å². The van der Waals surface area contributed by atoms with Crippen LogP contribution in [0.1, 0.15) is 43.7 Å². The van der Waals surface area contributed by atoms with Crippen LogP contribution in [0.15, 0.2) is 47.4 Å². The Labute approximate surface area is 199 Å². The minimum absolute atomic E-state index is 0.00868. The molecular weight excluding hydrogens is 459 g/mol. The van der Waals surface area contributed by atoms with Crippen LogP contribution in [-0.2, 0) is 14.8 Å². The average molecular weight is 489 g/mol. The number of fused-ring (bicyclic) bond motifs is 1. The fraction of sp³-hybridized carbons (Fsp3) is 0.480. The molecule has 3 aliphatic heterocycles. The van der Waals surface area contributed by atoms with E-state index in [-0.39, 0.29) is 35.9 Å². The maximum atomic E-state index is 13.5. The van der Waals surface area contributed by atoms with Crippen molar-refractivity contribution in [2.75, 3.05) is 32.8 Å². The molecule has 2 saturated heterocycles. The quantitative estimate of drug-likeness (QED) is 0.655. The van der Waals surface area contributed by atoms with E-state index >= 15 is 0 Å². The lowest BCUT2D eigenvalue weighted by Crippen LogP contribution is -2.44. The number of benzene rings is 2. The van der Waals surface area contributed by atoms with Crippen LogP contribution in [-0.4, -0.2) is 56.4 Å². The number of likely N-dealkylation sites (tertiary alicyclic amines) is 1. The van der Waals surface area contributed by atoms with Gasteiger partial charge in [0.1, 0.15) is 5.82 Å². The first-order valence-corrected chi connectivity index (χ1v) is 13.3. The van der Waals surface area contributed by atoms with Gasteiger partial charge in [-0.3, -0.25) is 4.79 Å². The molecule has 2 fully saturated rings. The van der Waals surface area contributed by atoms with Gasteiger partial charge in [0.25, 0.3) is 0 Å². The maximum Gasteiger partial charge on any atom is 0.243 e. The number of halogens is 1. The molecule has 0 spiro atoms. The summed E-state index contributed by atoms with van der Waals surface area (Å²) >= 11 is 0. The zero-order valence-corrected chi connectivity index (χ0v) is 19.8. The molecule has 0 saturated carbocycles. The first-order valence-electron chi connectivity index (χ1n) is 11.9. The van der Waals surface area contributed by atoms with Crippen molar-refractivity contribution < 1.29 is 27.1 Å². The van der Waals surface area contributed by atoms with Crippen molar-refractivity contribution in [1.82, 2.24) is 9.21 Å². The molecule has 2 aromatic carbocycles. The number of nitrogens with zero attached hydrogens (tertiary/aromatic N) is 2. The number of hydrogen-bond donors (Lipinski definition) is 0. The molecule has 1 amide bonds. The molecule has 182 valence electrons. The minimum Gasteiger partial charge on any atom is -0.490 e. The number of piperidine rings is 1. The van der Waals surface area contributed by atoms with E-state index in [1.54, 1.807) is 0 Å². The summed E-state index contributed by atoms with van der Waals surface area (Å²) in [6.45, 7) is 2.50.